The van der Waals surface area contributed by atoms with Crippen LogP contribution in [0.2, 0.25) is 0 Å². The van der Waals surface area contributed by atoms with E-state index >= 15 is 0 Å². The third-order valence-corrected chi connectivity index (χ3v) is 3.73. The molecule has 0 heterocycles. The van der Waals surface area contributed by atoms with Crippen molar-refractivity contribution < 1.29 is 4.74 Å². The second kappa shape index (κ2) is 9.04. The molecule has 0 aliphatic carbocycles. The zero-order valence-electron chi connectivity index (χ0n) is 13.6. The molecule has 2 rings (SSSR count). The van der Waals surface area contributed by atoms with Gasteiger partial charge in [0.15, 0.2) is 0 Å². The summed E-state index contributed by atoms with van der Waals surface area (Å²) in [5.74, 6) is 0.865. The molecule has 0 N–H and O–H groups in total. The SMILES string of the molecule is CCCCCCc1ccc(N=Cc2ccc(OC)cc2)cc1. The molecule has 22 heavy (non-hydrogen) atoms. The van der Waals surface area contributed by atoms with Gasteiger partial charge in [-0.2, -0.15) is 0 Å². The van der Waals surface area contributed by atoms with Crippen LogP contribution in [0.5, 0.6) is 5.75 Å². The summed E-state index contributed by atoms with van der Waals surface area (Å²) in [4.78, 5) is 4.52. The van der Waals surface area contributed by atoms with Gasteiger partial charge in [0.2, 0.25) is 0 Å². The van der Waals surface area contributed by atoms with Gasteiger partial charge in [-0.15, -0.1) is 0 Å². The lowest BCUT2D eigenvalue weighted by atomic mass is 10.1. The van der Waals surface area contributed by atoms with Crippen LogP contribution in [0.15, 0.2) is 53.5 Å². The van der Waals surface area contributed by atoms with E-state index in [2.05, 4.69) is 36.2 Å². The molecular weight excluding hydrogens is 270 g/mol. The molecule has 0 saturated heterocycles. The maximum Gasteiger partial charge on any atom is 0.118 e. The molecule has 0 saturated carbocycles. The smallest absolute Gasteiger partial charge is 0.118 e. The highest BCUT2D eigenvalue weighted by atomic mass is 16.5. The van der Waals surface area contributed by atoms with Crippen LogP contribution in [0.4, 0.5) is 5.69 Å². The van der Waals surface area contributed by atoms with Gasteiger partial charge in [0, 0.05) is 6.21 Å². The minimum Gasteiger partial charge on any atom is -0.497 e. The van der Waals surface area contributed by atoms with Gasteiger partial charge in [-0.1, -0.05) is 38.3 Å². The lowest BCUT2D eigenvalue weighted by Gasteiger charge is -2.02. The van der Waals surface area contributed by atoms with E-state index < -0.39 is 0 Å². The first-order valence-corrected chi connectivity index (χ1v) is 8.09. The summed E-state index contributed by atoms with van der Waals surface area (Å²) in [7, 11) is 1.67. The summed E-state index contributed by atoms with van der Waals surface area (Å²) in [5.41, 5.74) is 3.47. The fourth-order valence-corrected chi connectivity index (χ4v) is 2.34. The van der Waals surface area contributed by atoms with Gasteiger partial charge >= 0.3 is 0 Å². The Bertz CT molecular complexity index is 570. The number of aryl methyl sites for hydroxylation is 1. The fraction of sp³-hybridized carbons (Fsp3) is 0.350. The summed E-state index contributed by atoms with van der Waals surface area (Å²) in [6.07, 6.45) is 8.29. The Hall–Kier alpha value is -2.09. The molecule has 2 nitrogen and oxygen atoms in total. The van der Waals surface area contributed by atoms with Gasteiger partial charge in [0.1, 0.15) is 5.75 Å². The van der Waals surface area contributed by atoms with Gasteiger partial charge in [-0.05, 0) is 60.4 Å². The Morgan fingerprint density at radius 1 is 0.909 bits per heavy atom. The molecular formula is C20H25NO. The lowest BCUT2D eigenvalue weighted by Crippen LogP contribution is -1.86. The number of methoxy groups -OCH3 is 1. The molecule has 0 radical (unpaired) electrons. The third-order valence-electron chi connectivity index (χ3n) is 3.73. The van der Waals surface area contributed by atoms with Crippen LogP contribution < -0.4 is 4.74 Å². The van der Waals surface area contributed by atoms with Crippen LogP contribution in [0, 0.1) is 0 Å². The summed E-state index contributed by atoms with van der Waals surface area (Å²) in [6.45, 7) is 2.25. The monoisotopic (exact) mass is 295 g/mol. The van der Waals surface area contributed by atoms with Crippen LogP contribution in [-0.4, -0.2) is 13.3 Å². The highest BCUT2D eigenvalue weighted by Gasteiger charge is 1.95. The quantitative estimate of drug-likeness (QED) is 0.461. The number of aliphatic imine (C=N–C) groups is 1. The van der Waals surface area contributed by atoms with Crippen molar-refractivity contribution in [2.45, 2.75) is 39.0 Å². The Morgan fingerprint density at radius 2 is 1.64 bits per heavy atom. The first kappa shape index (κ1) is 16.3. The minimum atomic E-state index is 0.865. The highest BCUT2D eigenvalue weighted by Crippen LogP contribution is 2.16. The van der Waals surface area contributed by atoms with E-state index in [1.54, 1.807) is 7.11 Å². The van der Waals surface area contributed by atoms with E-state index in [1.165, 1.54) is 37.7 Å². The van der Waals surface area contributed by atoms with Gasteiger partial charge in [-0.3, -0.25) is 4.99 Å². The van der Waals surface area contributed by atoms with Gasteiger partial charge in [0.05, 0.1) is 12.8 Å². The van der Waals surface area contributed by atoms with Crippen molar-refractivity contribution in [1.82, 2.24) is 0 Å². The Labute approximate surface area is 133 Å². The maximum absolute atomic E-state index is 5.15. The van der Waals surface area contributed by atoms with Crippen molar-refractivity contribution in [3.05, 3.63) is 59.7 Å². The molecule has 0 aliphatic heterocycles. The number of ether oxygens (including phenoxy) is 1. The van der Waals surface area contributed by atoms with Crippen molar-refractivity contribution in [2.24, 2.45) is 4.99 Å². The summed E-state index contributed by atoms with van der Waals surface area (Å²) in [6, 6.07) is 16.5. The number of benzene rings is 2. The topological polar surface area (TPSA) is 21.6 Å². The second-order valence-corrected chi connectivity index (χ2v) is 5.51. The average molecular weight is 295 g/mol. The second-order valence-electron chi connectivity index (χ2n) is 5.51. The molecule has 0 amide bonds. The van der Waals surface area contributed by atoms with Crippen LogP contribution >= 0.6 is 0 Å². The maximum atomic E-state index is 5.15. The molecule has 0 bridgehead atoms. The highest BCUT2D eigenvalue weighted by molar-refractivity contribution is 5.82. The van der Waals surface area contributed by atoms with Gasteiger partial charge < -0.3 is 4.74 Å². The van der Waals surface area contributed by atoms with E-state index in [0.29, 0.717) is 0 Å². The molecule has 0 atom stereocenters. The van der Waals surface area contributed by atoms with E-state index in [-0.39, 0.29) is 0 Å². The molecule has 0 unspecified atom stereocenters. The van der Waals surface area contributed by atoms with Crippen molar-refractivity contribution in [2.75, 3.05) is 7.11 Å². The first-order chi connectivity index (χ1) is 10.8. The zero-order chi connectivity index (χ0) is 15.6. The molecule has 0 aliphatic rings. The molecule has 116 valence electrons. The fourth-order valence-electron chi connectivity index (χ4n) is 2.34. The number of rotatable bonds is 8. The number of hydrogen-bond donors (Lipinski definition) is 0. The van der Waals surface area contributed by atoms with E-state index in [1.807, 2.05) is 30.5 Å². The van der Waals surface area contributed by atoms with Gasteiger partial charge in [-0.25, -0.2) is 0 Å². The van der Waals surface area contributed by atoms with Crippen molar-refractivity contribution in [1.29, 1.82) is 0 Å². The lowest BCUT2D eigenvalue weighted by molar-refractivity contribution is 0.415. The van der Waals surface area contributed by atoms with E-state index in [0.717, 1.165) is 17.0 Å². The molecule has 2 aromatic rings. The van der Waals surface area contributed by atoms with Crippen LogP contribution in [0.3, 0.4) is 0 Å². The molecule has 0 aromatic heterocycles. The molecule has 0 spiro atoms. The predicted molar refractivity (Wildman–Crippen MR) is 94.5 cm³/mol. The molecule has 2 heteroatoms. The molecule has 2 aromatic carbocycles. The molecule has 0 fully saturated rings. The van der Waals surface area contributed by atoms with Crippen LogP contribution in [0.1, 0.15) is 43.7 Å². The van der Waals surface area contributed by atoms with Crippen molar-refractivity contribution in [3.63, 3.8) is 0 Å². The Balaban J connectivity index is 1.88. The van der Waals surface area contributed by atoms with Crippen molar-refractivity contribution >= 4 is 11.9 Å². The summed E-state index contributed by atoms with van der Waals surface area (Å²) < 4.78 is 5.15. The van der Waals surface area contributed by atoms with Crippen molar-refractivity contribution in [3.8, 4) is 5.75 Å². The first-order valence-electron chi connectivity index (χ1n) is 8.09. The predicted octanol–water partition coefficient (Wildman–Crippen LogP) is 5.57. The third kappa shape index (κ3) is 5.36. The largest absolute Gasteiger partial charge is 0.497 e. The minimum absolute atomic E-state index is 0.865. The zero-order valence-corrected chi connectivity index (χ0v) is 13.6. The van der Waals surface area contributed by atoms with Gasteiger partial charge in [0.25, 0.3) is 0 Å². The number of hydrogen-bond acceptors (Lipinski definition) is 2. The summed E-state index contributed by atoms with van der Waals surface area (Å²) >= 11 is 0. The van der Waals surface area contributed by atoms with E-state index in [9.17, 15) is 0 Å². The Kier molecular flexibility index (Phi) is 6.69. The van der Waals surface area contributed by atoms with Crippen LogP contribution in [0.25, 0.3) is 0 Å². The Morgan fingerprint density at radius 3 is 2.27 bits per heavy atom. The average Bonchev–Trinajstić information content (AvgIpc) is 2.58. The standard InChI is InChI=1S/C20H25NO/c1-3-4-5-6-7-17-8-12-19(13-9-17)21-16-18-10-14-20(22-2)15-11-18/h8-16H,3-7H2,1-2H3. The number of unbranched alkanes of at least 4 members (excludes halogenated alkanes) is 3. The number of nitrogens with zero attached hydrogens (tertiary/aromatic N) is 1. The summed E-state index contributed by atoms with van der Waals surface area (Å²) in [5, 5.41) is 0. The van der Waals surface area contributed by atoms with Crippen LogP contribution in [-0.2, 0) is 6.42 Å². The normalized spacial score (nSPS) is 11.0. The van der Waals surface area contributed by atoms with E-state index in [4.69, 9.17) is 4.74 Å².